The number of imidazole rings is 1. The lowest BCUT2D eigenvalue weighted by Crippen LogP contribution is -2.30. The minimum absolute atomic E-state index is 0. The molecule has 4 nitrogen and oxygen atoms in total. The number of carbonyl (C=O) groups is 1. The van der Waals surface area contributed by atoms with E-state index in [4.69, 9.17) is 34.8 Å². The monoisotopic (exact) mass is 415 g/mol. The molecule has 2 aromatic carbocycles. The second-order valence-electron chi connectivity index (χ2n) is 5.07. The predicted molar refractivity (Wildman–Crippen MR) is 104 cm³/mol. The van der Waals surface area contributed by atoms with Crippen LogP contribution in [0, 0.1) is 0 Å². The average molecular weight is 417 g/mol. The normalized spacial score (nSPS) is 10.2. The van der Waals surface area contributed by atoms with E-state index >= 15 is 0 Å². The predicted octanol–water partition coefficient (Wildman–Crippen LogP) is 5.64. The van der Waals surface area contributed by atoms with E-state index in [0.717, 1.165) is 5.69 Å². The van der Waals surface area contributed by atoms with Gasteiger partial charge >= 0.3 is 0 Å². The number of nitrogens with one attached hydrogen (secondary N) is 1. The molecule has 1 aromatic heterocycles. The molecule has 0 aliphatic carbocycles. The molecule has 0 unspecified atom stereocenters. The number of rotatable bonds is 4. The van der Waals surface area contributed by atoms with Crippen LogP contribution in [0.15, 0.2) is 55.0 Å². The zero-order chi connectivity index (χ0) is 17.1. The van der Waals surface area contributed by atoms with Gasteiger partial charge in [0, 0.05) is 21.9 Å². The van der Waals surface area contributed by atoms with E-state index in [1.807, 2.05) is 0 Å². The summed E-state index contributed by atoms with van der Waals surface area (Å²) in [7, 11) is 0. The summed E-state index contributed by atoms with van der Waals surface area (Å²) >= 11 is 18.0. The van der Waals surface area contributed by atoms with Crippen LogP contribution in [0.2, 0.25) is 15.1 Å². The summed E-state index contributed by atoms with van der Waals surface area (Å²) in [6, 6.07) is 11.8. The number of amides is 1. The van der Waals surface area contributed by atoms with Gasteiger partial charge in [0.05, 0.1) is 29.2 Å². The standard InChI is InChI=1S/C17H12Cl3N3O.ClH/c18-11-1-4-14(5-2-11)23(9-13-8-21-10-22-13)17(24)15-6-3-12(19)7-16(15)20;/h1-8,10H,9H2,(H,21,22);1H. The van der Waals surface area contributed by atoms with Gasteiger partial charge in [0.1, 0.15) is 0 Å². The van der Waals surface area contributed by atoms with Crippen LogP contribution >= 0.6 is 47.2 Å². The highest BCUT2D eigenvalue weighted by Crippen LogP contribution is 2.26. The van der Waals surface area contributed by atoms with Gasteiger partial charge in [-0.1, -0.05) is 34.8 Å². The smallest absolute Gasteiger partial charge is 0.260 e. The van der Waals surface area contributed by atoms with Gasteiger partial charge in [0.15, 0.2) is 0 Å². The summed E-state index contributed by atoms with van der Waals surface area (Å²) in [5.74, 6) is -0.242. The molecule has 0 fully saturated rings. The number of aromatic nitrogens is 2. The maximum absolute atomic E-state index is 13.0. The topological polar surface area (TPSA) is 49.0 Å². The Morgan fingerprint density at radius 3 is 2.32 bits per heavy atom. The Hall–Kier alpha value is -1.72. The molecule has 0 radical (unpaired) electrons. The fourth-order valence-corrected chi connectivity index (χ4v) is 2.87. The summed E-state index contributed by atoms with van der Waals surface area (Å²) < 4.78 is 0. The van der Waals surface area contributed by atoms with Gasteiger partial charge in [-0.05, 0) is 42.5 Å². The molecule has 0 bridgehead atoms. The van der Waals surface area contributed by atoms with Crippen LogP contribution in [0.1, 0.15) is 16.1 Å². The molecule has 0 atom stereocenters. The van der Waals surface area contributed by atoms with Crippen LogP contribution in [-0.4, -0.2) is 15.9 Å². The number of halogens is 4. The van der Waals surface area contributed by atoms with Crippen LogP contribution in [-0.2, 0) is 6.54 Å². The molecule has 0 aliphatic heterocycles. The lowest BCUT2D eigenvalue weighted by atomic mass is 10.1. The summed E-state index contributed by atoms with van der Waals surface area (Å²) in [5.41, 5.74) is 1.86. The van der Waals surface area contributed by atoms with Crippen molar-refractivity contribution in [2.45, 2.75) is 6.54 Å². The first kappa shape index (κ1) is 19.6. The molecule has 130 valence electrons. The molecule has 0 saturated carbocycles. The molecule has 1 heterocycles. The number of hydrogen-bond donors (Lipinski definition) is 1. The quantitative estimate of drug-likeness (QED) is 0.598. The summed E-state index contributed by atoms with van der Waals surface area (Å²) in [4.78, 5) is 21.6. The number of nitrogens with zero attached hydrogens (tertiary/aromatic N) is 2. The van der Waals surface area contributed by atoms with E-state index < -0.39 is 0 Å². The fraction of sp³-hybridized carbons (Fsp3) is 0.0588. The molecule has 0 aliphatic rings. The first-order valence-corrected chi connectivity index (χ1v) is 8.18. The zero-order valence-electron chi connectivity index (χ0n) is 12.7. The van der Waals surface area contributed by atoms with Crippen LogP contribution in [0.25, 0.3) is 0 Å². The van der Waals surface area contributed by atoms with Crippen LogP contribution in [0.5, 0.6) is 0 Å². The Bertz CT molecular complexity index is 851. The van der Waals surface area contributed by atoms with E-state index in [1.54, 1.807) is 59.9 Å². The van der Waals surface area contributed by atoms with E-state index in [-0.39, 0.29) is 18.3 Å². The molecule has 3 aromatic rings. The van der Waals surface area contributed by atoms with Gasteiger partial charge < -0.3 is 9.88 Å². The Labute approximate surface area is 166 Å². The zero-order valence-corrected chi connectivity index (χ0v) is 15.8. The van der Waals surface area contributed by atoms with Gasteiger partial charge in [-0.25, -0.2) is 4.98 Å². The third-order valence-electron chi connectivity index (χ3n) is 3.43. The van der Waals surface area contributed by atoms with E-state index in [9.17, 15) is 4.79 Å². The van der Waals surface area contributed by atoms with Crippen molar-refractivity contribution in [1.29, 1.82) is 0 Å². The van der Waals surface area contributed by atoms with Crippen molar-refractivity contribution < 1.29 is 4.79 Å². The van der Waals surface area contributed by atoms with Gasteiger partial charge in [0.2, 0.25) is 0 Å². The molecular formula is C17H13Cl4N3O. The summed E-state index contributed by atoms with van der Waals surface area (Å²) in [5, 5.41) is 1.37. The average Bonchev–Trinajstić information content (AvgIpc) is 3.06. The number of H-pyrrole nitrogens is 1. The van der Waals surface area contributed by atoms with E-state index in [1.165, 1.54) is 0 Å². The van der Waals surface area contributed by atoms with Crippen molar-refractivity contribution in [3.05, 3.63) is 81.3 Å². The number of carbonyl (C=O) groups excluding carboxylic acids is 1. The summed E-state index contributed by atoms with van der Waals surface area (Å²) in [6.07, 6.45) is 3.23. The Morgan fingerprint density at radius 1 is 1.04 bits per heavy atom. The second-order valence-corrected chi connectivity index (χ2v) is 6.35. The summed E-state index contributed by atoms with van der Waals surface area (Å²) in [6.45, 7) is 0.319. The number of anilines is 1. The molecular weight excluding hydrogens is 404 g/mol. The Kier molecular flexibility index (Phi) is 6.73. The highest BCUT2D eigenvalue weighted by molar-refractivity contribution is 6.37. The number of benzene rings is 2. The SMILES string of the molecule is Cl.O=C(c1ccc(Cl)cc1Cl)N(Cc1cnc[nH]1)c1ccc(Cl)cc1. The third-order valence-corrected chi connectivity index (χ3v) is 4.23. The van der Waals surface area contributed by atoms with Crippen molar-refractivity contribution in [2.24, 2.45) is 0 Å². The van der Waals surface area contributed by atoms with Gasteiger partial charge in [-0.3, -0.25) is 4.79 Å². The third kappa shape index (κ3) is 4.67. The maximum Gasteiger partial charge on any atom is 0.260 e. The largest absolute Gasteiger partial charge is 0.347 e. The second kappa shape index (κ2) is 8.59. The minimum atomic E-state index is -0.242. The first-order valence-electron chi connectivity index (χ1n) is 7.04. The van der Waals surface area contributed by atoms with E-state index in [0.29, 0.717) is 32.9 Å². The number of hydrogen-bond acceptors (Lipinski definition) is 2. The van der Waals surface area contributed by atoms with Crippen molar-refractivity contribution in [2.75, 3.05) is 4.90 Å². The highest BCUT2D eigenvalue weighted by Gasteiger charge is 2.21. The van der Waals surface area contributed by atoms with Crippen molar-refractivity contribution in [3.63, 3.8) is 0 Å². The lowest BCUT2D eigenvalue weighted by molar-refractivity contribution is 0.0985. The highest BCUT2D eigenvalue weighted by atomic mass is 35.5. The van der Waals surface area contributed by atoms with Gasteiger partial charge in [0.25, 0.3) is 5.91 Å². The minimum Gasteiger partial charge on any atom is -0.347 e. The van der Waals surface area contributed by atoms with Crippen molar-refractivity contribution in [3.8, 4) is 0 Å². The first-order chi connectivity index (χ1) is 11.5. The van der Waals surface area contributed by atoms with Crippen molar-refractivity contribution in [1.82, 2.24) is 9.97 Å². The van der Waals surface area contributed by atoms with Crippen LogP contribution in [0.3, 0.4) is 0 Å². The lowest BCUT2D eigenvalue weighted by Gasteiger charge is -2.23. The molecule has 0 spiro atoms. The van der Waals surface area contributed by atoms with Crippen LogP contribution in [0.4, 0.5) is 5.69 Å². The molecule has 0 saturated heterocycles. The molecule has 1 N–H and O–H groups in total. The van der Waals surface area contributed by atoms with Gasteiger partial charge in [-0.2, -0.15) is 0 Å². The Balaban J connectivity index is 0.00000225. The van der Waals surface area contributed by atoms with E-state index in [2.05, 4.69) is 9.97 Å². The molecule has 3 rings (SSSR count). The van der Waals surface area contributed by atoms with Crippen molar-refractivity contribution >= 4 is 58.8 Å². The number of aromatic amines is 1. The molecule has 1 amide bonds. The molecule has 25 heavy (non-hydrogen) atoms. The van der Waals surface area contributed by atoms with Gasteiger partial charge in [-0.15, -0.1) is 12.4 Å². The fourth-order valence-electron chi connectivity index (χ4n) is 2.25. The van der Waals surface area contributed by atoms with Crippen LogP contribution < -0.4 is 4.90 Å². The molecule has 8 heteroatoms. The maximum atomic E-state index is 13.0. The Morgan fingerprint density at radius 2 is 1.72 bits per heavy atom.